The van der Waals surface area contributed by atoms with Crippen molar-refractivity contribution in [3.05, 3.63) is 240 Å². The van der Waals surface area contributed by atoms with E-state index in [1.54, 1.807) is 0 Å². The maximum Gasteiger partial charge on any atom is 0.235 e. The molecule has 0 amide bonds. The molecule has 0 N–H and O–H groups in total. The molecule has 1 aliphatic heterocycles. The Balaban J connectivity index is 1.09. The molecule has 2 aromatic heterocycles. The van der Waals surface area contributed by atoms with Crippen molar-refractivity contribution in [1.29, 1.82) is 0 Å². The van der Waals surface area contributed by atoms with Gasteiger partial charge in [-0.2, -0.15) is 0 Å². The van der Waals surface area contributed by atoms with Gasteiger partial charge in [0.1, 0.15) is 0 Å². The largest absolute Gasteiger partial charge is 0.310 e. The topological polar surface area (TPSA) is 34.0 Å². The van der Waals surface area contributed by atoms with E-state index < -0.39 is 5.41 Å². The van der Waals surface area contributed by atoms with E-state index in [4.69, 9.17) is 9.97 Å². The van der Waals surface area contributed by atoms with Gasteiger partial charge >= 0.3 is 0 Å². The summed E-state index contributed by atoms with van der Waals surface area (Å²) in [5, 5.41) is 3.38. The molecule has 3 heterocycles. The third-order valence-corrected chi connectivity index (χ3v) is 14.6. The van der Waals surface area contributed by atoms with Crippen LogP contribution in [0, 0.1) is 0 Å². The average Bonchev–Trinajstić information content (AvgIpc) is 3.96. The second-order valence-corrected chi connectivity index (χ2v) is 18.0. The molecule has 0 bridgehead atoms. The van der Waals surface area contributed by atoms with Crippen LogP contribution >= 0.6 is 0 Å². The molecule has 300 valence electrons. The number of aromatic nitrogens is 3. The molecule has 0 unspecified atom stereocenters. The van der Waals surface area contributed by atoms with Gasteiger partial charge in [-0.25, -0.2) is 9.97 Å². The first-order chi connectivity index (χ1) is 31.5. The summed E-state index contributed by atoms with van der Waals surface area (Å²) in [6, 6.07) is 75.6. The minimum atomic E-state index is -0.459. The second-order valence-electron chi connectivity index (χ2n) is 18.0. The summed E-state index contributed by atoms with van der Waals surface area (Å²) >= 11 is 0. The normalized spacial score (nSPS) is 14.6. The zero-order chi connectivity index (χ0) is 42.3. The van der Waals surface area contributed by atoms with Crippen LogP contribution in [0.5, 0.6) is 0 Å². The van der Waals surface area contributed by atoms with E-state index in [9.17, 15) is 0 Å². The lowest BCUT2D eigenvalue weighted by atomic mass is 9.70. The Morgan fingerprint density at radius 1 is 0.406 bits per heavy atom. The second kappa shape index (κ2) is 12.7. The standard InChI is InChI=1S/C60H40N4/c1-59(2)48-30-14-17-34-52(48)63(37-19-4-3-5-20-37)53-36-35-41-40-23-10-16-33-51(40)64(57(41)55(53)59)58-61-50-32-15-9-25-43(50)56(62-58)44-26-18-31-49-54(44)42-24-8-13-29-47(42)60(49)45-27-11-6-21-38(45)39-22-7-12-28-46(39)60/h3-36H,1-2H3. The molecular formula is C60H40N4. The molecule has 3 aliphatic rings. The van der Waals surface area contributed by atoms with Gasteiger partial charge < -0.3 is 4.90 Å². The van der Waals surface area contributed by atoms with Crippen molar-refractivity contribution < 1.29 is 0 Å². The maximum atomic E-state index is 5.82. The fraction of sp³-hybridized carbons (Fsp3) is 0.0667. The first-order valence-electron chi connectivity index (χ1n) is 22.3. The van der Waals surface area contributed by atoms with Crippen molar-refractivity contribution in [3.63, 3.8) is 0 Å². The van der Waals surface area contributed by atoms with Crippen molar-refractivity contribution in [2.45, 2.75) is 24.7 Å². The van der Waals surface area contributed by atoms with Crippen LogP contribution < -0.4 is 4.90 Å². The summed E-state index contributed by atoms with van der Waals surface area (Å²) in [5.74, 6) is 0.657. The SMILES string of the molecule is CC1(C)c2ccccc2N(c2ccccc2)c2ccc3c4ccccc4n(-c4nc(-c5cccc6c5-c5ccccc5C65c6ccccc6-c6ccccc65)c5ccccc5n4)c3c21. The van der Waals surface area contributed by atoms with E-state index in [0.29, 0.717) is 5.95 Å². The fourth-order valence-corrected chi connectivity index (χ4v) is 12.1. The van der Waals surface area contributed by atoms with Crippen LogP contribution in [0.3, 0.4) is 0 Å². The summed E-state index contributed by atoms with van der Waals surface area (Å²) in [6.45, 7) is 4.75. The van der Waals surface area contributed by atoms with Crippen LogP contribution in [0.4, 0.5) is 17.1 Å². The Kier molecular flexibility index (Phi) is 7.07. The molecule has 0 fully saturated rings. The Morgan fingerprint density at radius 3 is 1.75 bits per heavy atom. The Bertz CT molecular complexity index is 3740. The molecular weight excluding hydrogens is 777 g/mol. The van der Waals surface area contributed by atoms with Crippen LogP contribution in [-0.4, -0.2) is 14.5 Å². The zero-order valence-corrected chi connectivity index (χ0v) is 35.4. The number of hydrogen-bond acceptors (Lipinski definition) is 3. The highest BCUT2D eigenvalue weighted by Gasteiger charge is 2.52. The smallest absolute Gasteiger partial charge is 0.235 e. The van der Waals surface area contributed by atoms with Crippen LogP contribution in [0.15, 0.2) is 206 Å². The minimum absolute atomic E-state index is 0.366. The van der Waals surface area contributed by atoms with Crippen LogP contribution in [0.2, 0.25) is 0 Å². The van der Waals surface area contributed by atoms with Crippen LogP contribution in [0.25, 0.3) is 72.2 Å². The van der Waals surface area contributed by atoms with Gasteiger partial charge in [0.15, 0.2) is 0 Å². The molecule has 4 nitrogen and oxygen atoms in total. The summed E-state index contributed by atoms with van der Waals surface area (Å²) in [7, 11) is 0. The summed E-state index contributed by atoms with van der Waals surface area (Å²) in [6.07, 6.45) is 0. The van der Waals surface area contributed by atoms with Crippen molar-refractivity contribution in [2.75, 3.05) is 4.90 Å². The highest BCUT2D eigenvalue weighted by atomic mass is 15.2. The number of anilines is 3. The predicted molar refractivity (Wildman–Crippen MR) is 262 cm³/mol. The zero-order valence-electron chi connectivity index (χ0n) is 35.4. The summed E-state index contributed by atoms with van der Waals surface area (Å²) < 4.78 is 2.36. The number of rotatable bonds is 3. The minimum Gasteiger partial charge on any atom is -0.310 e. The molecule has 4 heteroatoms. The lowest BCUT2D eigenvalue weighted by Gasteiger charge is -2.42. The maximum absolute atomic E-state index is 5.82. The van der Waals surface area contributed by atoms with Gasteiger partial charge in [-0.15, -0.1) is 0 Å². The van der Waals surface area contributed by atoms with E-state index in [0.717, 1.165) is 44.6 Å². The highest BCUT2D eigenvalue weighted by Crippen LogP contribution is 2.64. The third-order valence-electron chi connectivity index (χ3n) is 14.6. The van der Waals surface area contributed by atoms with Gasteiger partial charge in [0.2, 0.25) is 5.95 Å². The third kappa shape index (κ3) is 4.42. The number of nitrogens with zero attached hydrogens (tertiary/aromatic N) is 4. The molecule has 14 rings (SSSR count). The van der Waals surface area contributed by atoms with E-state index in [2.05, 4.69) is 230 Å². The molecule has 9 aromatic carbocycles. The number of benzene rings is 9. The molecule has 0 radical (unpaired) electrons. The molecule has 2 aliphatic carbocycles. The van der Waals surface area contributed by atoms with Crippen molar-refractivity contribution in [1.82, 2.24) is 14.5 Å². The van der Waals surface area contributed by atoms with Crippen molar-refractivity contribution in [3.8, 4) is 39.5 Å². The van der Waals surface area contributed by atoms with Gasteiger partial charge in [-0.05, 0) is 86.5 Å². The van der Waals surface area contributed by atoms with Gasteiger partial charge in [0.05, 0.1) is 39.0 Å². The van der Waals surface area contributed by atoms with E-state index in [1.165, 1.54) is 72.1 Å². The number of hydrogen-bond donors (Lipinski definition) is 0. The molecule has 0 saturated carbocycles. The van der Waals surface area contributed by atoms with Crippen LogP contribution in [-0.2, 0) is 10.8 Å². The number of fused-ring (bicyclic) bond motifs is 17. The summed E-state index contributed by atoms with van der Waals surface area (Å²) in [4.78, 5) is 13.8. The Morgan fingerprint density at radius 2 is 0.984 bits per heavy atom. The Hall–Kier alpha value is -8.08. The number of para-hydroxylation sites is 4. The fourth-order valence-electron chi connectivity index (χ4n) is 12.1. The molecule has 0 atom stereocenters. The van der Waals surface area contributed by atoms with Gasteiger partial charge in [-0.3, -0.25) is 4.57 Å². The van der Waals surface area contributed by atoms with E-state index in [-0.39, 0.29) is 5.41 Å². The van der Waals surface area contributed by atoms with E-state index in [1.807, 2.05) is 0 Å². The van der Waals surface area contributed by atoms with Gasteiger partial charge in [0, 0.05) is 38.4 Å². The monoisotopic (exact) mass is 816 g/mol. The quantitative estimate of drug-likeness (QED) is 0.178. The van der Waals surface area contributed by atoms with Gasteiger partial charge in [-0.1, -0.05) is 184 Å². The molecule has 64 heavy (non-hydrogen) atoms. The molecule has 1 spiro atoms. The lowest BCUT2D eigenvalue weighted by molar-refractivity contribution is 0.635. The van der Waals surface area contributed by atoms with E-state index >= 15 is 0 Å². The van der Waals surface area contributed by atoms with Crippen LogP contribution in [0.1, 0.15) is 47.2 Å². The predicted octanol–water partition coefficient (Wildman–Crippen LogP) is 14.8. The average molecular weight is 817 g/mol. The Labute approximate surface area is 371 Å². The molecule has 0 saturated heterocycles. The van der Waals surface area contributed by atoms with Crippen molar-refractivity contribution in [2.24, 2.45) is 0 Å². The first-order valence-corrected chi connectivity index (χ1v) is 22.3. The lowest BCUT2D eigenvalue weighted by Crippen LogP contribution is -2.31. The van der Waals surface area contributed by atoms with Crippen molar-refractivity contribution >= 4 is 49.8 Å². The summed E-state index contributed by atoms with van der Waals surface area (Å²) in [5.41, 5.74) is 20.7. The first kappa shape index (κ1) is 35.5. The highest BCUT2D eigenvalue weighted by molar-refractivity contribution is 6.13. The van der Waals surface area contributed by atoms with Gasteiger partial charge in [0.25, 0.3) is 0 Å². The molecule has 11 aromatic rings.